The van der Waals surface area contributed by atoms with Gasteiger partial charge in [0.15, 0.2) is 0 Å². The van der Waals surface area contributed by atoms with Gasteiger partial charge in [-0.3, -0.25) is 0 Å². The molecule has 0 bridgehead atoms. The second kappa shape index (κ2) is 4.65. The van der Waals surface area contributed by atoms with E-state index in [-0.39, 0.29) is 5.96 Å². The van der Waals surface area contributed by atoms with Gasteiger partial charge in [-0.1, -0.05) is 18.2 Å². The first-order chi connectivity index (χ1) is 6.68. The lowest BCUT2D eigenvalue weighted by molar-refractivity contribution is -0.463. The van der Waals surface area contributed by atoms with E-state index < -0.39 is 5.02 Å². The lowest BCUT2D eigenvalue weighted by atomic mass is 10.3. The normalized spacial score (nSPS) is 10.7. The summed E-state index contributed by atoms with van der Waals surface area (Å²) in [5.41, 5.74) is 7.87. The Bertz CT molecular complexity index is 344. The quantitative estimate of drug-likeness (QED) is 0.310. The molecule has 1 rings (SSSR count). The Morgan fingerprint density at radius 3 is 2.50 bits per heavy atom. The second-order valence-electron chi connectivity index (χ2n) is 2.28. The number of hydrogen-bond donors (Lipinski definition) is 2. The van der Waals surface area contributed by atoms with Crippen molar-refractivity contribution < 1.29 is 5.02 Å². The van der Waals surface area contributed by atoms with Crippen molar-refractivity contribution >= 4 is 11.6 Å². The molecule has 0 amide bonds. The van der Waals surface area contributed by atoms with Gasteiger partial charge in [0.1, 0.15) is 0 Å². The van der Waals surface area contributed by atoms with E-state index in [4.69, 9.17) is 5.73 Å². The Balaban J connectivity index is 2.65. The largest absolute Gasteiger partial charge is 0.692 e. The average molecular weight is 194 g/mol. The molecule has 0 atom stereocenters. The zero-order valence-corrected chi connectivity index (χ0v) is 7.12. The maximum atomic E-state index is 9.82. The van der Waals surface area contributed by atoms with E-state index in [0.29, 0.717) is 5.69 Å². The molecule has 0 aliphatic rings. The molecule has 0 unspecified atom stereocenters. The van der Waals surface area contributed by atoms with Crippen LogP contribution in [0, 0.1) is 10.4 Å². The third-order valence-corrected chi connectivity index (χ3v) is 1.25. The van der Waals surface area contributed by atoms with Crippen molar-refractivity contribution in [3.63, 3.8) is 0 Å². The molecule has 0 spiro atoms. The fraction of sp³-hybridized carbons (Fsp3) is 0. The van der Waals surface area contributed by atoms with Crippen LogP contribution in [0.4, 0.5) is 5.69 Å². The number of benzene rings is 1. The number of nitrogens with zero attached hydrogens (tertiary/aromatic N) is 3. The Kier molecular flexibility index (Phi) is 3.25. The zero-order chi connectivity index (χ0) is 10.4. The van der Waals surface area contributed by atoms with Gasteiger partial charge >= 0.3 is 5.96 Å². The molecule has 1 aromatic rings. The van der Waals surface area contributed by atoms with E-state index in [9.17, 15) is 10.4 Å². The van der Waals surface area contributed by atoms with Crippen LogP contribution in [-0.4, -0.2) is 11.0 Å². The molecule has 0 heterocycles. The van der Waals surface area contributed by atoms with E-state index in [1.165, 1.54) is 0 Å². The molecular formula is C7H8N5O2-. The van der Waals surface area contributed by atoms with E-state index in [0.717, 1.165) is 0 Å². The van der Waals surface area contributed by atoms with Crippen LogP contribution in [-0.2, 0) is 0 Å². The van der Waals surface area contributed by atoms with Crippen molar-refractivity contribution in [1.29, 1.82) is 0 Å². The molecule has 0 radical (unpaired) electrons. The number of rotatable bonds is 2. The van der Waals surface area contributed by atoms with Crippen LogP contribution < -0.4 is 11.2 Å². The van der Waals surface area contributed by atoms with Crippen LogP contribution in [0.25, 0.3) is 0 Å². The number of para-hydroxylation sites is 1. The number of guanidine groups is 1. The summed E-state index contributed by atoms with van der Waals surface area (Å²) in [6.07, 6.45) is 0. The molecule has 3 N–H and O–H groups in total. The van der Waals surface area contributed by atoms with E-state index in [1.807, 2.05) is 11.5 Å². The standard InChI is InChI=1S/C7H8N5O2/c8-7(10-11-12(13)14)9-6-4-2-1-3-5-6/h1-5H,(H3-,8,9,10,11,13,14)/q-1. The van der Waals surface area contributed by atoms with Gasteiger partial charge in [0.2, 0.25) is 0 Å². The van der Waals surface area contributed by atoms with Crippen molar-refractivity contribution in [2.24, 2.45) is 15.9 Å². The summed E-state index contributed by atoms with van der Waals surface area (Å²) < 4.78 is 0. The first kappa shape index (κ1) is 9.78. The summed E-state index contributed by atoms with van der Waals surface area (Å²) in [7, 11) is 0. The van der Waals surface area contributed by atoms with Crippen molar-refractivity contribution in [1.82, 2.24) is 5.43 Å². The lowest BCUT2D eigenvalue weighted by Gasteiger charge is -2.04. The molecule has 0 aliphatic carbocycles. The fourth-order valence-corrected chi connectivity index (χ4v) is 0.759. The minimum absolute atomic E-state index is 0.132. The third kappa shape index (κ3) is 3.39. The Morgan fingerprint density at radius 1 is 1.29 bits per heavy atom. The number of aliphatic imine (C=N–C) groups is 1. The highest BCUT2D eigenvalue weighted by Crippen LogP contribution is 2.08. The maximum absolute atomic E-state index is 9.82. The predicted octanol–water partition coefficient (Wildman–Crippen LogP) is 0.598. The smallest absolute Gasteiger partial charge is 0.310 e. The maximum Gasteiger partial charge on any atom is 0.310 e. The highest BCUT2D eigenvalue weighted by molar-refractivity contribution is 5.80. The van der Waals surface area contributed by atoms with Gasteiger partial charge < -0.3 is 16.1 Å². The van der Waals surface area contributed by atoms with Crippen molar-refractivity contribution in [2.45, 2.75) is 0 Å². The Hall–Kier alpha value is -2.31. The summed E-state index contributed by atoms with van der Waals surface area (Å²) in [4.78, 5) is 3.82. The van der Waals surface area contributed by atoms with Crippen molar-refractivity contribution in [3.8, 4) is 0 Å². The Labute approximate surface area is 79.7 Å². The summed E-state index contributed by atoms with van der Waals surface area (Å²) in [6.45, 7) is 0. The minimum atomic E-state index is -0.895. The molecule has 1 aromatic carbocycles. The van der Waals surface area contributed by atoms with Gasteiger partial charge in [0.05, 0.1) is 10.9 Å². The number of nitrogens with two attached hydrogens (primary N) is 1. The van der Waals surface area contributed by atoms with Gasteiger partial charge in [-0.2, -0.15) is 10.0 Å². The van der Waals surface area contributed by atoms with Crippen LogP contribution in [0.5, 0.6) is 0 Å². The molecule has 0 saturated carbocycles. The highest BCUT2D eigenvalue weighted by atomic mass is 16.8. The SMILES string of the molecule is NC(=Nc1ccccc1)NN=[N+]([O-])[O-]. The highest BCUT2D eigenvalue weighted by Gasteiger charge is 1.94. The molecule has 0 aromatic heterocycles. The van der Waals surface area contributed by atoms with Crippen LogP contribution in [0.15, 0.2) is 40.5 Å². The molecule has 7 nitrogen and oxygen atoms in total. The lowest BCUT2D eigenvalue weighted by Crippen LogP contribution is -2.27. The van der Waals surface area contributed by atoms with Crippen molar-refractivity contribution in [2.75, 3.05) is 0 Å². The average Bonchev–Trinajstić information content (AvgIpc) is 2.16. The van der Waals surface area contributed by atoms with E-state index >= 15 is 0 Å². The fourth-order valence-electron chi connectivity index (χ4n) is 0.759. The van der Waals surface area contributed by atoms with Crippen LogP contribution in [0.3, 0.4) is 0 Å². The van der Waals surface area contributed by atoms with E-state index in [2.05, 4.69) is 10.2 Å². The first-order valence-corrected chi connectivity index (χ1v) is 3.69. The summed E-state index contributed by atoms with van der Waals surface area (Å²) in [6, 6.07) is 8.79. The van der Waals surface area contributed by atoms with E-state index in [1.54, 1.807) is 24.3 Å². The summed E-state index contributed by atoms with van der Waals surface area (Å²) >= 11 is 0. The van der Waals surface area contributed by atoms with Crippen LogP contribution in [0.1, 0.15) is 0 Å². The van der Waals surface area contributed by atoms with Crippen molar-refractivity contribution in [3.05, 3.63) is 40.7 Å². The second-order valence-corrected chi connectivity index (χ2v) is 2.28. The molecule has 74 valence electrons. The number of hydrogen-bond acceptors (Lipinski definition) is 4. The summed E-state index contributed by atoms with van der Waals surface area (Å²) in [5.74, 6) is -0.132. The predicted molar refractivity (Wildman–Crippen MR) is 50.3 cm³/mol. The van der Waals surface area contributed by atoms with Gasteiger partial charge in [-0.25, -0.2) is 0 Å². The number of nitrogens with one attached hydrogen (secondary N) is 1. The molecule has 14 heavy (non-hydrogen) atoms. The van der Waals surface area contributed by atoms with Gasteiger partial charge in [0, 0.05) is 0 Å². The Morgan fingerprint density at radius 2 is 1.93 bits per heavy atom. The topological polar surface area (TPSA) is 112 Å². The summed E-state index contributed by atoms with van der Waals surface area (Å²) in [5, 5.41) is 21.5. The van der Waals surface area contributed by atoms with Gasteiger partial charge in [-0.15, -0.1) is 5.43 Å². The molecule has 7 heteroatoms. The molecule has 0 saturated heterocycles. The molecule has 0 aliphatic heterocycles. The minimum Gasteiger partial charge on any atom is -0.692 e. The molecule has 0 fully saturated rings. The van der Waals surface area contributed by atoms with Gasteiger partial charge in [0.25, 0.3) is 0 Å². The molecular weight excluding hydrogens is 186 g/mol. The third-order valence-electron chi connectivity index (χ3n) is 1.25. The zero-order valence-electron chi connectivity index (χ0n) is 7.12. The monoisotopic (exact) mass is 194 g/mol. The van der Waals surface area contributed by atoms with Gasteiger partial charge in [-0.05, 0) is 12.1 Å². The van der Waals surface area contributed by atoms with Crippen LogP contribution >= 0.6 is 0 Å². The first-order valence-electron chi connectivity index (χ1n) is 3.69. The van der Waals surface area contributed by atoms with Crippen LogP contribution in [0.2, 0.25) is 0 Å².